The third-order valence-corrected chi connectivity index (χ3v) is 6.62. The maximum absolute atomic E-state index is 12.7. The summed E-state index contributed by atoms with van der Waals surface area (Å²) in [7, 11) is 5.16. The first-order valence-corrected chi connectivity index (χ1v) is 8.88. The summed E-state index contributed by atoms with van der Waals surface area (Å²) in [6, 6.07) is 1.90. The Hall–Kier alpha value is -1.72. The summed E-state index contributed by atoms with van der Waals surface area (Å²) in [6.07, 6.45) is 3.80. The second kappa shape index (κ2) is 5.64. The van der Waals surface area contributed by atoms with Crippen molar-refractivity contribution in [1.29, 1.82) is 0 Å². The molecule has 1 aromatic carbocycles. The van der Waals surface area contributed by atoms with E-state index in [1.54, 1.807) is 6.07 Å². The van der Waals surface area contributed by atoms with Crippen LogP contribution in [0.25, 0.3) is 0 Å². The number of hydrogen-bond donors (Lipinski definition) is 1. The first kappa shape index (κ1) is 16.7. The largest absolute Gasteiger partial charge is 0.504 e. The van der Waals surface area contributed by atoms with Crippen LogP contribution >= 0.6 is 11.6 Å². The van der Waals surface area contributed by atoms with E-state index in [1.807, 2.05) is 6.08 Å². The normalized spacial score (nSPS) is 31.0. The minimum absolute atomic E-state index is 0.0201. The van der Waals surface area contributed by atoms with E-state index in [1.165, 1.54) is 14.2 Å². The molecule has 3 aliphatic rings. The smallest absolute Gasteiger partial charge is 0.197 e. The van der Waals surface area contributed by atoms with Crippen LogP contribution in [0.15, 0.2) is 17.9 Å². The summed E-state index contributed by atoms with van der Waals surface area (Å²) in [5.41, 5.74) is 1.28. The number of phenolic OH excluding ortho intramolecular Hbond substituents is 1. The number of ketones is 1. The zero-order chi connectivity index (χ0) is 17.9. The zero-order valence-electron chi connectivity index (χ0n) is 14.6. The van der Waals surface area contributed by atoms with E-state index >= 15 is 0 Å². The maximum atomic E-state index is 12.7. The summed E-state index contributed by atoms with van der Waals surface area (Å²) >= 11 is 6.54. The van der Waals surface area contributed by atoms with Gasteiger partial charge in [0.25, 0.3) is 0 Å². The molecule has 0 amide bonds. The van der Waals surface area contributed by atoms with Gasteiger partial charge in [-0.15, -0.1) is 0 Å². The Balaban J connectivity index is 2.01. The monoisotopic (exact) mass is 363 g/mol. The van der Waals surface area contributed by atoms with Crippen molar-refractivity contribution in [3.05, 3.63) is 34.1 Å². The molecule has 1 saturated heterocycles. The first-order chi connectivity index (χ1) is 11.9. The van der Waals surface area contributed by atoms with Crippen molar-refractivity contribution in [2.45, 2.75) is 30.7 Å². The highest BCUT2D eigenvalue weighted by molar-refractivity contribution is 6.31. The quantitative estimate of drug-likeness (QED) is 0.875. The number of ether oxygens (including phenoxy) is 2. The van der Waals surface area contributed by atoms with E-state index in [-0.39, 0.29) is 23.5 Å². The zero-order valence-corrected chi connectivity index (χ0v) is 15.4. The number of phenols is 1. The van der Waals surface area contributed by atoms with Crippen molar-refractivity contribution in [3.8, 4) is 11.5 Å². The molecule has 3 atom stereocenters. The number of Topliss-reactive ketones (excluding diaryl/α,β-unsaturated/α-hetero) is 1. The molecular formula is C19H22ClNO4. The lowest BCUT2D eigenvalue weighted by molar-refractivity contribution is -0.122. The number of methoxy groups -OCH3 is 2. The second-order valence-electron chi connectivity index (χ2n) is 7.28. The van der Waals surface area contributed by atoms with Gasteiger partial charge in [-0.1, -0.05) is 11.6 Å². The number of piperidine rings is 1. The molecule has 6 heteroatoms. The molecule has 4 rings (SSSR count). The van der Waals surface area contributed by atoms with Crippen LogP contribution in [-0.4, -0.2) is 49.6 Å². The molecule has 0 unspecified atom stereocenters. The number of likely N-dealkylation sites (tertiary alicyclic amines) is 1. The number of benzene rings is 1. The summed E-state index contributed by atoms with van der Waals surface area (Å²) in [4.78, 5) is 15.0. The van der Waals surface area contributed by atoms with Gasteiger partial charge >= 0.3 is 0 Å². The van der Waals surface area contributed by atoms with E-state index in [2.05, 4.69) is 11.9 Å². The van der Waals surface area contributed by atoms with Crippen LogP contribution in [0.2, 0.25) is 5.02 Å². The molecule has 2 bridgehead atoms. The first-order valence-electron chi connectivity index (χ1n) is 8.51. The van der Waals surface area contributed by atoms with Gasteiger partial charge in [0.2, 0.25) is 0 Å². The van der Waals surface area contributed by atoms with Gasteiger partial charge in [0, 0.05) is 40.4 Å². The fourth-order valence-electron chi connectivity index (χ4n) is 5.06. The van der Waals surface area contributed by atoms with Crippen molar-refractivity contribution < 1.29 is 19.4 Å². The number of halogens is 1. The highest BCUT2D eigenvalue weighted by Gasteiger charge is 2.57. The van der Waals surface area contributed by atoms with Crippen molar-refractivity contribution >= 4 is 17.4 Å². The van der Waals surface area contributed by atoms with Gasteiger partial charge in [0.1, 0.15) is 0 Å². The molecule has 0 spiro atoms. The number of likely N-dealkylation sites (N-methyl/N-ethyl adjacent to an activating group) is 1. The lowest BCUT2D eigenvalue weighted by Gasteiger charge is -2.56. The molecular weight excluding hydrogens is 342 g/mol. The maximum Gasteiger partial charge on any atom is 0.197 e. The molecule has 25 heavy (non-hydrogen) atoms. The predicted molar refractivity (Wildman–Crippen MR) is 94.3 cm³/mol. The van der Waals surface area contributed by atoms with Crippen LogP contribution < -0.4 is 4.74 Å². The number of fused-ring (bicyclic) bond motifs is 1. The topological polar surface area (TPSA) is 59.0 Å². The minimum atomic E-state index is -0.452. The number of hydrogen-bond acceptors (Lipinski definition) is 5. The van der Waals surface area contributed by atoms with Crippen molar-refractivity contribution in [2.24, 2.45) is 5.92 Å². The molecule has 5 nitrogen and oxygen atoms in total. The fraction of sp³-hybridized carbons (Fsp3) is 0.526. The predicted octanol–water partition coefficient (Wildman–Crippen LogP) is 2.67. The molecule has 2 aliphatic carbocycles. The fourth-order valence-corrected chi connectivity index (χ4v) is 5.33. The molecule has 1 fully saturated rings. The van der Waals surface area contributed by atoms with E-state index in [9.17, 15) is 9.90 Å². The number of rotatable bonds is 2. The Morgan fingerprint density at radius 3 is 2.80 bits per heavy atom. The standard InChI is InChI=1S/C19H22ClNO4/c1-21-5-4-19-9-14(22)15(24-2)7-11(19)13(21)6-10-12(20)8-16(25-3)18(23)17(10)19/h7-8,11,13,23H,4-6,9H2,1-3H3/t11-,13+,19-/m0/s1. The molecule has 1 heterocycles. The van der Waals surface area contributed by atoms with Crippen molar-refractivity contribution in [1.82, 2.24) is 4.90 Å². The Bertz CT molecular complexity index is 790. The SMILES string of the molecule is COC1=C[C@H]2[C@H]3Cc4c(Cl)cc(OC)c(O)c4[C@@]2(CCN3C)CC1=O. The highest BCUT2D eigenvalue weighted by Crippen LogP contribution is 2.58. The molecule has 0 saturated carbocycles. The van der Waals surface area contributed by atoms with E-state index in [0.717, 1.165) is 30.5 Å². The van der Waals surface area contributed by atoms with Gasteiger partial charge in [0.15, 0.2) is 23.0 Å². The summed E-state index contributed by atoms with van der Waals surface area (Å²) < 4.78 is 10.6. The average Bonchev–Trinajstić information content (AvgIpc) is 2.59. The van der Waals surface area contributed by atoms with E-state index in [4.69, 9.17) is 21.1 Å². The van der Waals surface area contributed by atoms with Crippen LogP contribution in [0, 0.1) is 5.92 Å². The van der Waals surface area contributed by atoms with Crippen LogP contribution in [0.5, 0.6) is 11.5 Å². The van der Waals surface area contributed by atoms with Gasteiger partial charge in [-0.2, -0.15) is 0 Å². The number of aromatic hydroxyl groups is 1. The van der Waals surface area contributed by atoms with Crippen molar-refractivity contribution in [2.75, 3.05) is 27.8 Å². The summed E-state index contributed by atoms with van der Waals surface area (Å²) in [5.74, 6) is 0.992. The average molecular weight is 364 g/mol. The third kappa shape index (κ3) is 2.15. The van der Waals surface area contributed by atoms with E-state index in [0.29, 0.717) is 23.0 Å². The summed E-state index contributed by atoms with van der Waals surface area (Å²) in [5, 5.41) is 11.5. The van der Waals surface area contributed by atoms with Crippen LogP contribution in [0.4, 0.5) is 0 Å². The minimum Gasteiger partial charge on any atom is -0.504 e. The van der Waals surface area contributed by atoms with Crippen molar-refractivity contribution in [3.63, 3.8) is 0 Å². The van der Waals surface area contributed by atoms with Gasteiger partial charge in [-0.3, -0.25) is 4.79 Å². The van der Waals surface area contributed by atoms with Gasteiger partial charge in [0.05, 0.1) is 14.2 Å². The molecule has 134 valence electrons. The van der Waals surface area contributed by atoms with E-state index < -0.39 is 5.41 Å². The lowest BCUT2D eigenvalue weighted by atomic mass is 9.53. The van der Waals surface area contributed by atoms with Gasteiger partial charge in [-0.25, -0.2) is 0 Å². The molecule has 1 N–H and O–H groups in total. The number of allylic oxidation sites excluding steroid dienone is 1. The molecule has 1 aromatic rings. The highest BCUT2D eigenvalue weighted by atomic mass is 35.5. The molecule has 1 aliphatic heterocycles. The Morgan fingerprint density at radius 2 is 2.12 bits per heavy atom. The van der Waals surface area contributed by atoms with Gasteiger partial charge < -0.3 is 19.5 Å². The van der Waals surface area contributed by atoms with Crippen LogP contribution in [-0.2, 0) is 21.4 Å². The Labute approximate surface area is 152 Å². The van der Waals surface area contributed by atoms with Crippen LogP contribution in [0.3, 0.4) is 0 Å². The Morgan fingerprint density at radius 1 is 1.36 bits per heavy atom. The number of nitrogens with zero attached hydrogens (tertiary/aromatic N) is 1. The number of carbonyl (C=O) groups is 1. The second-order valence-corrected chi connectivity index (χ2v) is 7.69. The van der Waals surface area contributed by atoms with Crippen LogP contribution in [0.1, 0.15) is 24.0 Å². The Kier molecular flexibility index (Phi) is 3.78. The summed E-state index contributed by atoms with van der Waals surface area (Å²) in [6.45, 7) is 0.873. The van der Waals surface area contributed by atoms with Gasteiger partial charge in [-0.05, 0) is 38.1 Å². The number of carbonyl (C=O) groups excluding carboxylic acids is 1. The lowest BCUT2D eigenvalue weighted by Crippen LogP contribution is -2.60. The molecule has 0 radical (unpaired) electrons. The third-order valence-electron chi connectivity index (χ3n) is 6.28. The molecule has 0 aromatic heterocycles.